The van der Waals surface area contributed by atoms with E-state index in [4.69, 9.17) is 0 Å². The summed E-state index contributed by atoms with van der Waals surface area (Å²) in [6, 6.07) is 15.1. The fraction of sp³-hybridized carbons (Fsp3) is 0.235. The summed E-state index contributed by atoms with van der Waals surface area (Å²) in [5.74, 6) is 0. The van der Waals surface area contributed by atoms with Crippen molar-refractivity contribution in [2.24, 2.45) is 0 Å². The highest BCUT2D eigenvalue weighted by atomic mass is 14.9. The molecule has 0 aliphatic carbocycles. The van der Waals surface area contributed by atoms with Gasteiger partial charge in [0.2, 0.25) is 0 Å². The van der Waals surface area contributed by atoms with Gasteiger partial charge in [0.1, 0.15) is 0 Å². The minimum Gasteiger partial charge on any atom is -0.335 e. The number of fused-ring (bicyclic) bond motifs is 1. The Morgan fingerprint density at radius 1 is 1.05 bits per heavy atom. The Morgan fingerprint density at radius 2 is 1.84 bits per heavy atom. The van der Waals surface area contributed by atoms with Crippen molar-refractivity contribution >= 4 is 11.0 Å². The summed E-state index contributed by atoms with van der Waals surface area (Å²) in [6.07, 6.45) is 6.45. The lowest BCUT2D eigenvalue weighted by molar-refractivity contribution is 0.795. The van der Waals surface area contributed by atoms with E-state index < -0.39 is 0 Å². The third-order valence-electron chi connectivity index (χ3n) is 3.47. The van der Waals surface area contributed by atoms with E-state index in [0.29, 0.717) is 0 Å². The van der Waals surface area contributed by atoms with Crippen LogP contribution in [0.5, 0.6) is 0 Å². The van der Waals surface area contributed by atoms with Crippen molar-refractivity contribution < 1.29 is 0 Å². The number of aromatic amines is 1. The number of rotatable bonds is 4. The van der Waals surface area contributed by atoms with Gasteiger partial charge in [0.05, 0.1) is 11.0 Å². The van der Waals surface area contributed by atoms with E-state index in [1.807, 2.05) is 6.07 Å². The highest BCUT2D eigenvalue weighted by molar-refractivity contribution is 5.81. The highest BCUT2D eigenvalue weighted by Crippen LogP contribution is 2.23. The van der Waals surface area contributed by atoms with Gasteiger partial charge in [0.15, 0.2) is 6.33 Å². The first-order chi connectivity index (χ1) is 9.36. The predicted molar refractivity (Wildman–Crippen MR) is 79.0 cm³/mol. The lowest BCUT2D eigenvalue weighted by Crippen LogP contribution is -1.85. The molecule has 2 heteroatoms. The molecule has 0 atom stereocenters. The van der Waals surface area contributed by atoms with E-state index in [1.165, 1.54) is 36.0 Å². The molecule has 0 bridgehead atoms. The van der Waals surface area contributed by atoms with Gasteiger partial charge >= 0.3 is 0 Å². The van der Waals surface area contributed by atoms with Gasteiger partial charge in [-0.05, 0) is 41.7 Å². The van der Waals surface area contributed by atoms with Gasteiger partial charge in [0, 0.05) is 0 Å². The average Bonchev–Trinajstić information content (AvgIpc) is 2.93. The van der Waals surface area contributed by atoms with Gasteiger partial charge in [-0.3, -0.25) is 0 Å². The van der Waals surface area contributed by atoms with Crippen LogP contribution in [0.3, 0.4) is 0 Å². The summed E-state index contributed by atoms with van der Waals surface area (Å²) >= 11 is 0. The molecule has 1 heterocycles. The quantitative estimate of drug-likeness (QED) is 0.730. The fourth-order valence-electron chi connectivity index (χ4n) is 2.31. The SMILES string of the molecule is CCCCc1ccc(-c2ccc3n[c][nH]c3c2)cc1. The zero-order valence-electron chi connectivity index (χ0n) is 11.1. The van der Waals surface area contributed by atoms with E-state index in [-0.39, 0.29) is 0 Å². The minimum absolute atomic E-state index is 0.961. The summed E-state index contributed by atoms with van der Waals surface area (Å²) in [6.45, 7) is 2.23. The van der Waals surface area contributed by atoms with Gasteiger partial charge in [-0.2, -0.15) is 0 Å². The van der Waals surface area contributed by atoms with Crippen LogP contribution in [0.2, 0.25) is 0 Å². The van der Waals surface area contributed by atoms with Crippen molar-refractivity contribution in [1.82, 2.24) is 9.97 Å². The second-order valence-electron chi connectivity index (χ2n) is 4.88. The Morgan fingerprint density at radius 3 is 2.63 bits per heavy atom. The normalized spacial score (nSPS) is 11.0. The first-order valence-electron chi connectivity index (χ1n) is 6.82. The van der Waals surface area contributed by atoms with Gasteiger partial charge in [-0.1, -0.05) is 43.7 Å². The molecule has 3 aromatic rings. The molecular formula is C17H17N2. The van der Waals surface area contributed by atoms with Crippen LogP contribution in [0.1, 0.15) is 25.3 Å². The van der Waals surface area contributed by atoms with Crippen LogP contribution >= 0.6 is 0 Å². The van der Waals surface area contributed by atoms with Gasteiger partial charge in [-0.25, -0.2) is 4.98 Å². The van der Waals surface area contributed by atoms with E-state index in [1.54, 1.807) is 0 Å². The average molecular weight is 249 g/mol. The Balaban J connectivity index is 1.88. The van der Waals surface area contributed by atoms with E-state index in [9.17, 15) is 0 Å². The molecule has 0 unspecified atom stereocenters. The van der Waals surface area contributed by atoms with Crippen LogP contribution in [-0.4, -0.2) is 9.97 Å². The second kappa shape index (κ2) is 5.27. The van der Waals surface area contributed by atoms with Crippen molar-refractivity contribution in [1.29, 1.82) is 0 Å². The summed E-state index contributed by atoms with van der Waals surface area (Å²) in [7, 11) is 0. The molecular weight excluding hydrogens is 232 g/mol. The molecule has 2 nitrogen and oxygen atoms in total. The number of imidazole rings is 1. The van der Waals surface area contributed by atoms with Gasteiger partial charge < -0.3 is 4.98 Å². The maximum absolute atomic E-state index is 4.12. The fourth-order valence-corrected chi connectivity index (χ4v) is 2.31. The predicted octanol–water partition coefficient (Wildman–Crippen LogP) is 4.37. The van der Waals surface area contributed by atoms with Crippen LogP contribution in [0, 0.1) is 6.33 Å². The smallest absolute Gasteiger partial charge is 0.174 e. The van der Waals surface area contributed by atoms with Crippen molar-refractivity contribution in [3.8, 4) is 11.1 Å². The number of hydrogen-bond donors (Lipinski definition) is 1. The van der Waals surface area contributed by atoms with Gasteiger partial charge in [0.25, 0.3) is 0 Å². The molecule has 0 fully saturated rings. The van der Waals surface area contributed by atoms with E-state index in [0.717, 1.165) is 11.0 Å². The molecule has 0 spiro atoms. The number of unbranched alkanes of at least 4 members (excludes halogenated alkanes) is 1. The molecule has 0 amide bonds. The first-order valence-corrected chi connectivity index (χ1v) is 6.82. The van der Waals surface area contributed by atoms with Crippen LogP contribution in [-0.2, 0) is 6.42 Å². The Bertz CT molecular complexity index is 665. The molecule has 3 rings (SSSR count). The van der Waals surface area contributed by atoms with E-state index >= 15 is 0 Å². The molecule has 1 radical (unpaired) electrons. The lowest BCUT2D eigenvalue weighted by Gasteiger charge is -2.04. The summed E-state index contributed by atoms with van der Waals surface area (Å²) in [5.41, 5.74) is 5.88. The minimum atomic E-state index is 0.961. The molecule has 0 aliphatic heterocycles. The highest BCUT2D eigenvalue weighted by Gasteiger charge is 2.01. The first kappa shape index (κ1) is 12.0. The molecule has 1 aromatic heterocycles. The van der Waals surface area contributed by atoms with Crippen molar-refractivity contribution in [2.45, 2.75) is 26.2 Å². The standard InChI is InChI=1S/C17H17N2/c1-2-3-4-13-5-7-14(8-6-13)15-9-10-16-17(11-15)19-12-18-16/h5-11H,2-4H2,1H3,(H,18,19). The topological polar surface area (TPSA) is 28.7 Å². The van der Waals surface area contributed by atoms with Gasteiger partial charge in [-0.15, -0.1) is 0 Å². The number of aromatic nitrogens is 2. The van der Waals surface area contributed by atoms with E-state index in [2.05, 4.69) is 59.6 Å². The number of aryl methyl sites for hydroxylation is 1. The van der Waals surface area contributed by atoms with Crippen LogP contribution in [0.15, 0.2) is 42.5 Å². The molecule has 0 saturated carbocycles. The van der Waals surface area contributed by atoms with Crippen LogP contribution in [0.25, 0.3) is 22.2 Å². The second-order valence-corrected chi connectivity index (χ2v) is 4.88. The third kappa shape index (κ3) is 2.53. The molecule has 0 saturated heterocycles. The molecule has 1 N–H and O–H groups in total. The van der Waals surface area contributed by atoms with Crippen molar-refractivity contribution in [3.05, 3.63) is 54.4 Å². The summed E-state index contributed by atoms with van der Waals surface area (Å²) < 4.78 is 0. The largest absolute Gasteiger partial charge is 0.335 e. The summed E-state index contributed by atoms with van der Waals surface area (Å²) in [5, 5.41) is 0. The van der Waals surface area contributed by atoms with Crippen molar-refractivity contribution in [2.75, 3.05) is 0 Å². The van der Waals surface area contributed by atoms with Crippen LogP contribution < -0.4 is 0 Å². The lowest BCUT2D eigenvalue weighted by atomic mass is 10.0. The maximum Gasteiger partial charge on any atom is 0.174 e. The molecule has 19 heavy (non-hydrogen) atoms. The maximum atomic E-state index is 4.12. The number of nitrogens with one attached hydrogen (secondary N) is 1. The zero-order valence-corrected chi connectivity index (χ0v) is 11.1. The number of nitrogens with zero attached hydrogens (tertiary/aromatic N) is 1. The third-order valence-corrected chi connectivity index (χ3v) is 3.47. The number of benzene rings is 2. The Labute approximate surface area is 113 Å². The number of H-pyrrole nitrogens is 1. The van der Waals surface area contributed by atoms with Crippen molar-refractivity contribution in [3.63, 3.8) is 0 Å². The number of hydrogen-bond acceptors (Lipinski definition) is 1. The van der Waals surface area contributed by atoms with Crippen LogP contribution in [0.4, 0.5) is 0 Å². The summed E-state index contributed by atoms with van der Waals surface area (Å²) in [4.78, 5) is 7.15. The Kier molecular flexibility index (Phi) is 3.32. The Hall–Kier alpha value is -2.09. The molecule has 2 aromatic carbocycles. The molecule has 95 valence electrons. The molecule has 0 aliphatic rings. The zero-order chi connectivity index (χ0) is 13.1. The monoisotopic (exact) mass is 249 g/mol.